The number of rotatable bonds is 13. The summed E-state index contributed by atoms with van der Waals surface area (Å²) >= 11 is 6.52. The zero-order chi connectivity index (χ0) is 32.7. The fraction of sp³-hybridized carbons (Fsp3) is 0.469. The highest BCUT2D eigenvalue weighted by Crippen LogP contribution is 2.45. The number of nitrogens with zero attached hydrogens (tertiary/aromatic N) is 3. The first-order valence-corrected chi connectivity index (χ1v) is 14.9. The number of hydrogen-bond acceptors (Lipinski definition) is 11. The van der Waals surface area contributed by atoms with Crippen LogP contribution in [0.5, 0.6) is 11.5 Å². The van der Waals surface area contributed by atoms with Crippen LogP contribution in [0.3, 0.4) is 0 Å². The van der Waals surface area contributed by atoms with Crippen LogP contribution in [-0.2, 0) is 41.4 Å². The number of fused-ring (bicyclic) bond motifs is 1. The van der Waals surface area contributed by atoms with Crippen LogP contribution in [0.1, 0.15) is 63.1 Å². The summed E-state index contributed by atoms with van der Waals surface area (Å²) in [6.45, 7) is 7.41. The van der Waals surface area contributed by atoms with Crippen molar-refractivity contribution in [1.82, 2.24) is 10.2 Å². The predicted octanol–water partition coefficient (Wildman–Crippen LogP) is 4.89. The van der Waals surface area contributed by atoms with Crippen LogP contribution >= 0.6 is 11.6 Å². The molecule has 1 aromatic heterocycles. The molecule has 0 unspecified atom stereocenters. The number of halogens is 1. The smallest absolute Gasteiger partial charge is 0.306 e. The minimum atomic E-state index is -1.10. The third kappa shape index (κ3) is 8.31. The summed E-state index contributed by atoms with van der Waals surface area (Å²) in [7, 11) is 3.06. The van der Waals surface area contributed by atoms with Crippen molar-refractivity contribution < 1.29 is 42.5 Å². The van der Waals surface area contributed by atoms with E-state index in [9.17, 15) is 14.4 Å². The van der Waals surface area contributed by atoms with E-state index < -0.39 is 23.6 Å². The van der Waals surface area contributed by atoms with Gasteiger partial charge in [-0.1, -0.05) is 37.6 Å². The number of carbonyl (C=O) groups is 3. The lowest BCUT2D eigenvalue weighted by Gasteiger charge is -2.33. The van der Waals surface area contributed by atoms with Gasteiger partial charge in [0.15, 0.2) is 11.5 Å². The average molecular weight is 644 g/mol. The van der Waals surface area contributed by atoms with Crippen molar-refractivity contribution in [3.05, 3.63) is 64.3 Å². The molecule has 0 fully saturated rings. The molecule has 242 valence electrons. The lowest BCUT2D eigenvalue weighted by atomic mass is 9.92. The normalized spacial score (nSPS) is 16.5. The summed E-state index contributed by atoms with van der Waals surface area (Å²) < 4.78 is 34.1. The maximum atomic E-state index is 14.4. The molecule has 0 aliphatic carbocycles. The molecule has 0 radical (unpaired) electrons. The molecule has 0 saturated heterocycles. The second kappa shape index (κ2) is 14.7. The molecule has 3 aromatic rings. The van der Waals surface area contributed by atoms with Crippen LogP contribution in [-0.4, -0.2) is 68.1 Å². The Morgan fingerprint density at radius 3 is 2.49 bits per heavy atom. The van der Waals surface area contributed by atoms with Gasteiger partial charge in [-0.25, -0.2) is 0 Å². The van der Waals surface area contributed by atoms with Gasteiger partial charge >= 0.3 is 11.9 Å². The molecule has 13 heteroatoms. The third-order valence-corrected chi connectivity index (χ3v) is 7.32. The maximum absolute atomic E-state index is 14.4. The van der Waals surface area contributed by atoms with Crippen LogP contribution < -0.4 is 14.4 Å². The largest absolute Gasteiger partial charge is 0.493 e. The minimum Gasteiger partial charge on any atom is -0.493 e. The zero-order valence-corrected chi connectivity index (χ0v) is 27.0. The summed E-state index contributed by atoms with van der Waals surface area (Å²) in [5.74, 6) is 0.148. The first kappa shape index (κ1) is 33.7. The van der Waals surface area contributed by atoms with E-state index in [2.05, 4.69) is 10.2 Å². The summed E-state index contributed by atoms with van der Waals surface area (Å²) in [5, 5.41) is 8.62. The molecule has 0 saturated carbocycles. The standard InChI is InChI=1S/C32H38ClN3O9/c1-7-42-28(38)14-13-26-34-35-27(45-26)16-25-31(39)36(17-32(3,4)18-43-19(2)37)23-12-11-20(33)15-22(23)29(44-25)21-9-8-10-24(40-5)30(21)41-6/h8-12,15,25,29H,7,13-14,16-18H2,1-6H3/t25-,29-/m1/s1. The summed E-state index contributed by atoms with van der Waals surface area (Å²) in [6, 6.07) is 10.6. The molecule has 12 nitrogen and oxygen atoms in total. The van der Waals surface area contributed by atoms with Crippen molar-refractivity contribution in [1.29, 1.82) is 0 Å². The van der Waals surface area contributed by atoms with Crippen LogP contribution in [0, 0.1) is 5.41 Å². The molecule has 4 rings (SSSR count). The van der Waals surface area contributed by atoms with Gasteiger partial charge in [0.25, 0.3) is 5.91 Å². The molecular weight excluding hydrogens is 606 g/mol. The van der Waals surface area contributed by atoms with Crippen LogP contribution in [0.2, 0.25) is 5.02 Å². The van der Waals surface area contributed by atoms with Gasteiger partial charge in [-0.2, -0.15) is 0 Å². The topological polar surface area (TPSA) is 140 Å². The Bertz CT molecular complexity index is 1520. The van der Waals surface area contributed by atoms with E-state index in [1.54, 1.807) is 42.2 Å². The van der Waals surface area contributed by atoms with Gasteiger partial charge in [0.1, 0.15) is 12.2 Å². The molecule has 1 amide bonds. The maximum Gasteiger partial charge on any atom is 0.306 e. The van der Waals surface area contributed by atoms with Gasteiger partial charge in [-0.05, 0) is 31.2 Å². The summed E-state index contributed by atoms with van der Waals surface area (Å²) in [6.07, 6.45) is -1.72. The van der Waals surface area contributed by atoms with E-state index in [-0.39, 0.29) is 62.7 Å². The fourth-order valence-corrected chi connectivity index (χ4v) is 5.25. The summed E-state index contributed by atoms with van der Waals surface area (Å²) in [4.78, 5) is 39.5. The van der Waals surface area contributed by atoms with Gasteiger partial charge in [-0.3, -0.25) is 14.4 Å². The number of methoxy groups -OCH3 is 2. The molecular formula is C32H38ClN3O9. The van der Waals surface area contributed by atoms with Crippen molar-refractivity contribution >= 4 is 35.1 Å². The molecule has 2 aromatic carbocycles. The van der Waals surface area contributed by atoms with Crippen LogP contribution in [0.25, 0.3) is 0 Å². The Morgan fingerprint density at radius 2 is 1.80 bits per heavy atom. The number of ether oxygens (including phenoxy) is 5. The Labute approximate surface area is 266 Å². The lowest BCUT2D eigenvalue weighted by molar-refractivity contribution is -0.144. The molecule has 0 spiro atoms. The molecule has 0 bridgehead atoms. The molecule has 1 aliphatic heterocycles. The molecule has 1 aliphatic rings. The number of carbonyl (C=O) groups excluding carboxylic acids is 3. The van der Waals surface area contributed by atoms with Gasteiger partial charge in [0.2, 0.25) is 11.8 Å². The van der Waals surface area contributed by atoms with E-state index >= 15 is 0 Å². The highest BCUT2D eigenvalue weighted by molar-refractivity contribution is 6.30. The molecule has 45 heavy (non-hydrogen) atoms. The zero-order valence-electron chi connectivity index (χ0n) is 26.3. The van der Waals surface area contributed by atoms with E-state index in [1.807, 2.05) is 19.9 Å². The lowest BCUT2D eigenvalue weighted by Crippen LogP contribution is -2.46. The van der Waals surface area contributed by atoms with Crippen LogP contribution in [0.15, 0.2) is 40.8 Å². The SMILES string of the molecule is CCOC(=O)CCc1nnc(C[C@H]2O[C@H](c3cccc(OC)c3OC)c3cc(Cl)ccc3N(CC(C)(C)COC(C)=O)C2=O)o1. The summed E-state index contributed by atoms with van der Waals surface area (Å²) in [5.41, 5.74) is 1.16. The van der Waals surface area contributed by atoms with Crippen molar-refractivity contribution in [2.45, 2.75) is 59.2 Å². The Hall–Kier alpha value is -4.16. The number of aromatic nitrogens is 2. The van der Waals surface area contributed by atoms with Gasteiger partial charge < -0.3 is 33.0 Å². The number of aryl methyl sites for hydroxylation is 1. The van der Waals surface area contributed by atoms with Gasteiger partial charge in [0.05, 0.1) is 40.3 Å². The number of benzene rings is 2. The first-order chi connectivity index (χ1) is 21.5. The first-order valence-electron chi connectivity index (χ1n) is 14.5. The van der Waals surface area contributed by atoms with E-state index in [0.29, 0.717) is 33.3 Å². The van der Waals surface area contributed by atoms with Crippen molar-refractivity contribution in [3.8, 4) is 11.5 Å². The highest BCUT2D eigenvalue weighted by Gasteiger charge is 2.41. The number of esters is 2. The predicted molar refractivity (Wildman–Crippen MR) is 163 cm³/mol. The van der Waals surface area contributed by atoms with Gasteiger partial charge in [0, 0.05) is 47.1 Å². The van der Waals surface area contributed by atoms with Gasteiger partial charge in [-0.15, -0.1) is 10.2 Å². The number of para-hydroxylation sites is 1. The third-order valence-electron chi connectivity index (χ3n) is 7.09. The quantitative estimate of drug-likeness (QED) is 0.235. The van der Waals surface area contributed by atoms with E-state index in [1.165, 1.54) is 21.1 Å². The Kier molecular flexibility index (Phi) is 11.1. The van der Waals surface area contributed by atoms with Crippen molar-refractivity contribution in [2.24, 2.45) is 5.41 Å². The minimum absolute atomic E-state index is 0.0589. The Balaban J connectivity index is 1.78. The Morgan fingerprint density at radius 1 is 1.04 bits per heavy atom. The van der Waals surface area contributed by atoms with Crippen molar-refractivity contribution in [3.63, 3.8) is 0 Å². The number of anilines is 1. The fourth-order valence-electron chi connectivity index (χ4n) is 5.07. The second-order valence-corrected chi connectivity index (χ2v) is 11.7. The second-order valence-electron chi connectivity index (χ2n) is 11.3. The highest BCUT2D eigenvalue weighted by atomic mass is 35.5. The molecule has 2 heterocycles. The van der Waals surface area contributed by atoms with E-state index in [0.717, 1.165) is 0 Å². The van der Waals surface area contributed by atoms with Crippen molar-refractivity contribution in [2.75, 3.05) is 38.9 Å². The monoisotopic (exact) mass is 643 g/mol. The number of hydrogen-bond donors (Lipinski definition) is 0. The average Bonchev–Trinajstić information content (AvgIpc) is 3.43. The van der Waals surface area contributed by atoms with E-state index in [4.69, 9.17) is 39.7 Å². The van der Waals surface area contributed by atoms with Crippen LogP contribution in [0.4, 0.5) is 5.69 Å². The number of amides is 1. The molecule has 2 atom stereocenters. The molecule has 0 N–H and O–H groups in total.